The van der Waals surface area contributed by atoms with E-state index in [1.165, 1.54) is 18.1 Å². The molecule has 2 aromatic carbocycles. The molecule has 0 saturated carbocycles. The van der Waals surface area contributed by atoms with Crippen molar-refractivity contribution in [3.05, 3.63) is 76.9 Å². The van der Waals surface area contributed by atoms with Crippen molar-refractivity contribution in [2.75, 3.05) is 0 Å². The fourth-order valence-corrected chi connectivity index (χ4v) is 4.97. The summed E-state index contributed by atoms with van der Waals surface area (Å²) in [5.41, 5.74) is 2.96. The van der Waals surface area contributed by atoms with Crippen molar-refractivity contribution in [3.63, 3.8) is 0 Å². The second kappa shape index (κ2) is 8.95. The first-order chi connectivity index (χ1) is 14.1. The van der Waals surface area contributed by atoms with Gasteiger partial charge in [-0.05, 0) is 18.6 Å². The molecule has 4 aromatic rings. The summed E-state index contributed by atoms with van der Waals surface area (Å²) in [6.07, 6.45) is 1.54. The van der Waals surface area contributed by atoms with E-state index in [1.54, 1.807) is 17.4 Å². The molecule has 1 unspecified atom stereocenters. The number of benzene rings is 2. The summed E-state index contributed by atoms with van der Waals surface area (Å²) in [6, 6.07) is 17.5. The number of nitrogens with zero attached hydrogens (tertiary/aromatic N) is 2. The molecule has 4 rings (SSSR count). The van der Waals surface area contributed by atoms with E-state index < -0.39 is 5.25 Å². The topological polar surface area (TPSA) is 52.1 Å². The summed E-state index contributed by atoms with van der Waals surface area (Å²) in [5.74, 6) is -0.307. The van der Waals surface area contributed by atoms with E-state index in [9.17, 15) is 4.79 Å². The second-order valence-corrected chi connectivity index (χ2v) is 8.93. The lowest BCUT2D eigenvalue weighted by Crippen LogP contribution is -2.17. The van der Waals surface area contributed by atoms with Crippen LogP contribution in [-0.2, 0) is 16.1 Å². The molecule has 0 aliphatic carbocycles. The maximum atomic E-state index is 12.5. The minimum atomic E-state index is -0.417. The van der Waals surface area contributed by atoms with E-state index in [2.05, 4.69) is 27.5 Å². The van der Waals surface area contributed by atoms with Crippen LogP contribution in [0.5, 0.6) is 0 Å². The maximum absolute atomic E-state index is 12.5. The average Bonchev–Trinajstić information content (AvgIpc) is 3.19. The van der Waals surface area contributed by atoms with Gasteiger partial charge < -0.3 is 4.74 Å². The normalized spacial score (nSPS) is 12.1. The average molecular weight is 441 g/mol. The van der Waals surface area contributed by atoms with Gasteiger partial charge in [-0.2, -0.15) is 0 Å². The SMILES string of the molecule is CC(Sc1ncnc2scc(-c3ccccc3)c12)C(=O)OCc1ccccc1Cl. The fraction of sp³-hybridized carbons (Fsp3) is 0.136. The van der Waals surface area contributed by atoms with Gasteiger partial charge in [0.05, 0.1) is 5.39 Å². The molecule has 0 spiro atoms. The molecular weight excluding hydrogens is 424 g/mol. The van der Waals surface area contributed by atoms with E-state index in [0.717, 1.165) is 31.9 Å². The van der Waals surface area contributed by atoms with Crippen molar-refractivity contribution < 1.29 is 9.53 Å². The number of aromatic nitrogens is 2. The zero-order valence-electron chi connectivity index (χ0n) is 15.5. The number of hydrogen-bond acceptors (Lipinski definition) is 6. The molecule has 2 aromatic heterocycles. The third-order valence-electron chi connectivity index (χ3n) is 4.37. The second-order valence-electron chi connectivity index (χ2n) is 6.33. The van der Waals surface area contributed by atoms with Crippen LogP contribution in [-0.4, -0.2) is 21.2 Å². The van der Waals surface area contributed by atoms with Crippen LogP contribution in [0.2, 0.25) is 5.02 Å². The Bertz CT molecular complexity index is 1150. The number of fused-ring (bicyclic) bond motifs is 1. The van der Waals surface area contributed by atoms with Gasteiger partial charge in [-0.1, -0.05) is 71.9 Å². The minimum Gasteiger partial charge on any atom is -0.460 e. The number of rotatable bonds is 6. The van der Waals surface area contributed by atoms with Crippen molar-refractivity contribution in [1.29, 1.82) is 0 Å². The molecule has 4 nitrogen and oxygen atoms in total. The fourth-order valence-electron chi connectivity index (χ4n) is 2.86. The summed E-state index contributed by atoms with van der Waals surface area (Å²) >= 11 is 9.09. The standard InChI is InChI=1S/C22H17ClN2O2S2/c1-14(22(26)27-11-16-9-5-6-10-18(16)23)29-21-19-17(15-7-3-2-4-8-15)12-28-20(19)24-13-25-21/h2-10,12-14H,11H2,1H3. The van der Waals surface area contributed by atoms with Gasteiger partial charge in [-0.15, -0.1) is 11.3 Å². The van der Waals surface area contributed by atoms with Gasteiger partial charge in [0.2, 0.25) is 0 Å². The summed E-state index contributed by atoms with van der Waals surface area (Å²) < 4.78 is 5.47. The van der Waals surface area contributed by atoms with E-state index in [4.69, 9.17) is 16.3 Å². The molecule has 0 amide bonds. The molecule has 1 atom stereocenters. The lowest BCUT2D eigenvalue weighted by Gasteiger charge is -2.12. The number of hydrogen-bond donors (Lipinski definition) is 0. The summed E-state index contributed by atoms with van der Waals surface area (Å²) in [7, 11) is 0. The molecule has 7 heteroatoms. The number of ether oxygens (including phenoxy) is 1. The van der Waals surface area contributed by atoms with Gasteiger partial charge in [0.1, 0.15) is 28.0 Å². The Labute approximate surface area is 181 Å². The summed E-state index contributed by atoms with van der Waals surface area (Å²) in [6.45, 7) is 1.97. The Hall–Kier alpha value is -2.41. The Morgan fingerprint density at radius 1 is 1.14 bits per heavy atom. The zero-order chi connectivity index (χ0) is 20.2. The summed E-state index contributed by atoms with van der Waals surface area (Å²) in [5, 5.41) is 4.00. The molecule has 2 heterocycles. The van der Waals surface area contributed by atoms with Gasteiger partial charge in [0.25, 0.3) is 0 Å². The van der Waals surface area contributed by atoms with Gasteiger partial charge in [0.15, 0.2) is 0 Å². The third kappa shape index (κ3) is 4.45. The van der Waals surface area contributed by atoms with Crippen LogP contribution >= 0.6 is 34.7 Å². The van der Waals surface area contributed by atoms with Gasteiger partial charge in [0, 0.05) is 21.5 Å². The number of thiophene rings is 1. The first-order valence-corrected chi connectivity index (χ1v) is 11.1. The molecule has 0 fully saturated rings. The van der Waals surface area contributed by atoms with Gasteiger partial charge >= 0.3 is 5.97 Å². The molecule has 146 valence electrons. The third-order valence-corrected chi connectivity index (χ3v) is 6.70. The Kier molecular flexibility index (Phi) is 6.13. The van der Waals surface area contributed by atoms with E-state index in [0.29, 0.717) is 5.02 Å². The molecule has 0 N–H and O–H groups in total. The predicted octanol–water partition coefficient (Wildman–Crippen LogP) is 6.24. The smallest absolute Gasteiger partial charge is 0.319 e. The molecule has 0 radical (unpaired) electrons. The van der Waals surface area contributed by atoms with Gasteiger partial charge in [-0.3, -0.25) is 4.79 Å². The minimum absolute atomic E-state index is 0.149. The largest absolute Gasteiger partial charge is 0.460 e. The van der Waals surface area contributed by atoms with Crippen LogP contribution in [0.15, 0.2) is 71.3 Å². The Balaban J connectivity index is 1.53. The van der Waals surface area contributed by atoms with Crippen molar-refractivity contribution in [2.45, 2.75) is 23.8 Å². The first-order valence-electron chi connectivity index (χ1n) is 8.98. The predicted molar refractivity (Wildman–Crippen MR) is 119 cm³/mol. The summed E-state index contributed by atoms with van der Waals surface area (Å²) in [4.78, 5) is 22.3. The van der Waals surface area contributed by atoms with Crippen molar-refractivity contribution in [1.82, 2.24) is 9.97 Å². The van der Waals surface area contributed by atoms with Crippen molar-refractivity contribution in [2.24, 2.45) is 0 Å². The van der Waals surface area contributed by atoms with Crippen molar-refractivity contribution >= 4 is 50.9 Å². The number of thioether (sulfide) groups is 1. The highest BCUT2D eigenvalue weighted by Crippen LogP contribution is 2.39. The number of carbonyl (C=O) groups excluding carboxylic acids is 1. The van der Waals surface area contributed by atoms with Crippen LogP contribution < -0.4 is 0 Å². The zero-order valence-corrected chi connectivity index (χ0v) is 17.9. The molecular formula is C22H17ClN2O2S2. The highest BCUT2D eigenvalue weighted by Gasteiger charge is 2.21. The first kappa shape index (κ1) is 19.9. The highest BCUT2D eigenvalue weighted by molar-refractivity contribution is 8.00. The monoisotopic (exact) mass is 440 g/mol. The van der Waals surface area contributed by atoms with Crippen LogP contribution in [0.25, 0.3) is 21.3 Å². The Morgan fingerprint density at radius 3 is 2.69 bits per heavy atom. The molecule has 0 aliphatic heterocycles. The van der Waals surface area contributed by atoms with Crippen LogP contribution in [0.4, 0.5) is 0 Å². The van der Waals surface area contributed by atoms with Crippen molar-refractivity contribution in [3.8, 4) is 11.1 Å². The van der Waals surface area contributed by atoms with Crippen LogP contribution in [0.1, 0.15) is 12.5 Å². The lowest BCUT2D eigenvalue weighted by molar-refractivity contribution is -0.143. The molecule has 0 aliphatic rings. The number of carbonyl (C=O) groups is 1. The molecule has 0 bridgehead atoms. The number of esters is 1. The van der Waals surface area contributed by atoms with Crippen LogP contribution in [0, 0.1) is 0 Å². The quantitative estimate of drug-likeness (QED) is 0.202. The van der Waals surface area contributed by atoms with E-state index in [-0.39, 0.29) is 12.6 Å². The Morgan fingerprint density at radius 2 is 1.90 bits per heavy atom. The van der Waals surface area contributed by atoms with E-state index >= 15 is 0 Å². The van der Waals surface area contributed by atoms with Crippen LogP contribution in [0.3, 0.4) is 0 Å². The van der Waals surface area contributed by atoms with E-state index in [1.807, 2.05) is 43.3 Å². The van der Waals surface area contributed by atoms with Gasteiger partial charge in [-0.25, -0.2) is 9.97 Å². The molecule has 0 saturated heterocycles. The highest BCUT2D eigenvalue weighted by atomic mass is 35.5. The molecule has 29 heavy (non-hydrogen) atoms. The number of halogens is 1. The maximum Gasteiger partial charge on any atom is 0.319 e. The lowest BCUT2D eigenvalue weighted by atomic mass is 10.1.